The van der Waals surface area contributed by atoms with Gasteiger partial charge in [-0.25, -0.2) is 4.79 Å². The molecule has 2 aliphatic rings. The highest BCUT2D eigenvalue weighted by molar-refractivity contribution is 5.81. The molecule has 23 heavy (non-hydrogen) atoms. The number of carbonyl (C=O) groups is 1. The first-order valence-electron chi connectivity index (χ1n) is 8.13. The molecule has 6 nitrogen and oxygen atoms in total. The van der Waals surface area contributed by atoms with Crippen LogP contribution in [0.5, 0.6) is 0 Å². The molecule has 0 spiro atoms. The minimum atomic E-state index is -0.528. The quantitative estimate of drug-likeness (QED) is 0.916. The van der Waals surface area contributed by atoms with Gasteiger partial charge < -0.3 is 4.90 Å². The zero-order valence-corrected chi connectivity index (χ0v) is 12.8. The summed E-state index contributed by atoms with van der Waals surface area (Å²) >= 11 is 0. The second-order valence-corrected chi connectivity index (χ2v) is 6.59. The van der Waals surface area contributed by atoms with Crippen molar-refractivity contribution in [2.75, 3.05) is 13.1 Å². The first-order valence-corrected chi connectivity index (χ1v) is 8.13. The van der Waals surface area contributed by atoms with Crippen molar-refractivity contribution in [3.63, 3.8) is 0 Å². The van der Waals surface area contributed by atoms with Crippen LogP contribution in [0, 0.1) is 11.8 Å². The summed E-state index contributed by atoms with van der Waals surface area (Å²) in [6, 6.07) is 6.87. The average Bonchev–Trinajstić information content (AvgIpc) is 3.28. The zero-order valence-electron chi connectivity index (χ0n) is 12.8. The molecule has 6 heteroatoms. The Morgan fingerprint density at radius 2 is 1.91 bits per heavy atom. The van der Waals surface area contributed by atoms with Crippen LogP contribution in [0.1, 0.15) is 19.3 Å². The second kappa shape index (κ2) is 5.37. The zero-order chi connectivity index (χ0) is 16.0. The SMILES string of the molecule is O=C(Cn1c(=O)[nH]c(=O)c2ccccc21)N1CCC(C2CC2)C1. The number of hydrogen-bond donors (Lipinski definition) is 1. The number of likely N-dealkylation sites (tertiary alicyclic amines) is 1. The highest BCUT2D eigenvalue weighted by atomic mass is 16.2. The third-order valence-electron chi connectivity index (χ3n) is 5.06. The second-order valence-electron chi connectivity index (χ2n) is 6.59. The summed E-state index contributed by atoms with van der Waals surface area (Å²) in [5.41, 5.74) is -0.434. The maximum atomic E-state index is 12.6. The smallest absolute Gasteiger partial charge is 0.329 e. The summed E-state index contributed by atoms with van der Waals surface area (Å²) in [6.07, 6.45) is 3.64. The van der Waals surface area contributed by atoms with Crippen molar-refractivity contribution < 1.29 is 4.79 Å². The summed E-state index contributed by atoms with van der Waals surface area (Å²) in [7, 11) is 0. The molecule has 1 saturated heterocycles. The van der Waals surface area contributed by atoms with E-state index in [1.165, 1.54) is 17.4 Å². The molecular weight excluding hydrogens is 294 g/mol. The molecule has 2 heterocycles. The molecule has 2 aromatic rings. The van der Waals surface area contributed by atoms with Gasteiger partial charge in [-0.1, -0.05) is 12.1 Å². The third-order valence-corrected chi connectivity index (χ3v) is 5.06. The van der Waals surface area contributed by atoms with E-state index in [1.54, 1.807) is 24.3 Å². The van der Waals surface area contributed by atoms with Crippen LogP contribution in [0.4, 0.5) is 0 Å². The molecule has 1 atom stereocenters. The van der Waals surface area contributed by atoms with Crippen molar-refractivity contribution in [2.45, 2.75) is 25.8 Å². The highest BCUT2D eigenvalue weighted by Crippen LogP contribution is 2.41. The monoisotopic (exact) mass is 313 g/mol. The molecule has 4 rings (SSSR count). The van der Waals surface area contributed by atoms with Gasteiger partial charge in [-0.05, 0) is 43.2 Å². The number of aromatic amines is 1. The van der Waals surface area contributed by atoms with Crippen LogP contribution in [0.3, 0.4) is 0 Å². The van der Waals surface area contributed by atoms with Crippen molar-refractivity contribution in [1.82, 2.24) is 14.5 Å². The minimum Gasteiger partial charge on any atom is -0.341 e. The number of amides is 1. The van der Waals surface area contributed by atoms with E-state index in [2.05, 4.69) is 4.98 Å². The number of para-hydroxylation sites is 1. The molecule has 1 saturated carbocycles. The number of nitrogens with zero attached hydrogens (tertiary/aromatic N) is 2. The average molecular weight is 313 g/mol. The van der Waals surface area contributed by atoms with Gasteiger partial charge in [0.25, 0.3) is 5.56 Å². The van der Waals surface area contributed by atoms with E-state index in [0.29, 0.717) is 16.8 Å². The van der Waals surface area contributed by atoms with Gasteiger partial charge in [0.15, 0.2) is 0 Å². The maximum absolute atomic E-state index is 12.6. The van der Waals surface area contributed by atoms with Crippen molar-refractivity contribution in [2.24, 2.45) is 11.8 Å². The lowest BCUT2D eigenvalue weighted by Gasteiger charge is -2.18. The van der Waals surface area contributed by atoms with Crippen LogP contribution < -0.4 is 11.2 Å². The number of benzene rings is 1. The van der Waals surface area contributed by atoms with Gasteiger partial charge in [0, 0.05) is 13.1 Å². The Bertz CT molecular complexity index is 879. The summed E-state index contributed by atoms with van der Waals surface area (Å²) in [5, 5.41) is 0.428. The lowest BCUT2D eigenvalue weighted by molar-refractivity contribution is -0.130. The van der Waals surface area contributed by atoms with Gasteiger partial charge in [0.2, 0.25) is 5.91 Å². The molecule has 1 amide bonds. The molecule has 120 valence electrons. The summed E-state index contributed by atoms with van der Waals surface area (Å²) in [4.78, 5) is 40.7. The van der Waals surface area contributed by atoms with Crippen molar-refractivity contribution >= 4 is 16.8 Å². The number of carbonyl (C=O) groups excluding carboxylic acids is 1. The van der Waals surface area contributed by atoms with Crippen LogP contribution in [-0.4, -0.2) is 33.4 Å². The predicted octanol–water partition coefficient (Wildman–Crippen LogP) is 0.948. The standard InChI is InChI=1S/C17H19N3O3/c21-15(19-8-7-12(9-19)11-5-6-11)10-20-14-4-2-1-3-13(14)16(22)18-17(20)23/h1-4,11-12H,5-10H2,(H,18,22,23). The number of fused-ring (bicyclic) bond motifs is 1. The minimum absolute atomic E-state index is 0.0203. The Hall–Kier alpha value is -2.37. The Kier molecular flexibility index (Phi) is 3.32. The fourth-order valence-corrected chi connectivity index (χ4v) is 3.60. The summed E-state index contributed by atoms with van der Waals surface area (Å²) < 4.78 is 1.36. The third kappa shape index (κ3) is 2.58. The van der Waals surface area contributed by atoms with E-state index < -0.39 is 11.2 Å². The first-order chi connectivity index (χ1) is 11.1. The Balaban J connectivity index is 1.61. The molecule has 2 fully saturated rings. The fourth-order valence-electron chi connectivity index (χ4n) is 3.60. The first kappa shape index (κ1) is 14.2. The largest absolute Gasteiger partial charge is 0.341 e. The van der Waals surface area contributed by atoms with E-state index in [9.17, 15) is 14.4 Å². The van der Waals surface area contributed by atoms with E-state index in [4.69, 9.17) is 0 Å². The van der Waals surface area contributed by atoms with Crippen molar-refractivity contribution in [3.8, 4) is 0 Å². The molecule has 0 bridgehead atoms. The molecule has 0 radical (unpaired) electrons. The van der Waals surface area contributed by atoms with Crippen molar-refractivity contribution in [1.29, 1.82) is 0 Å². The van der Waals surface area contributed by atoms with Gasteiger partial charge >= 0.3 is 5.69 Å². The Morgan fingerprint density at radius 1 is 1.13 bits per heavy atom. The summed E-state index contributed by atoms with van der Waals surface area (Å²) in [6.45, 7) is 1.56. The summed E-state index contributed by atoms with van der Waals surface area (Å²) in [5.74, 6) is 1.37. The molecule has 1 aromatic carbocycles. The lowest BCUT2D eigenvalue weighted by atomic mass is 10.0. The van der Waals surface area contributed by atoms with E-state index in [1.807, 2.05) is 4.90 Å². The molecular formula is C17H19N3O3. The van der Waals surface area contributed by atoms with E-state index in [0.717, 1.165) is 25.4 Å². The highest BCUT2D eigenvalue weighted by Gasteiger charge is 2.37. The van der Waals surface area contributed by atoms with Gasteiger partial charge in [-0.2, -0.15) is 0 Å². The Morgan fingerprint density at radius 3 is 2.70 bits per heavy atom. The lowest BCUT2D eigenvalue weighted by Crippen LogP contribution is -2.38. The van der Waals surface area contributed by atoms with E-state index in [-0.39, 0.29) is 12.5 Å². The Labute approximate surface area is 132 Å². The fraction of sp³-hybridized carbons (Fsp3) is 0.471. The van der Waals surface area contributed by atoms with E-state index >= 15 is 0 Å². The number of nitrogens with one attached hydrogen (secondary N) is 1. The molecule has 1 aliphatic carbocycles. The van der Waals surface area contributed by atoms with Crippen LogP contribution in [0.2, 0.25) is 0 Å². The van der Waals surface area contributed by atoms with Crippen LogP contribution in [-0.2, 0) is 11.3 Å². The van der Waals surface area contributed by atoms with Gasteiger partial charge in [0.1, 0.15) is 6.54 Å². The number of rotatable bonds is 3. The molecule has 1 aromatic heterocycles. The van der Waals surface area contributed by atoms with Crippen LogP contribution in [0.25, 0.3) is 10.9 Å². The topological polar surface area (TPSA) is 75.2 Å². The normalized spacial score (nSPS) is 21.0. The van der Waals surface area contributed by atoms with Gasteiger partial charge in [-0.3, -0.25) is 19.1 Å². The number of hydrogen-bond acceptors (Lipinski definition) is 3. The van der Waals surface area contributed by atoms with Gasteiger partial charge in [0.05, 0.1) is 10.9 Å². The molecule has 1 aliphatic heterocycles. The maximum Gasteiger partial charge on any atom is 0.329 e. The molecule has 1 N–H and O–H groups in total. The van der Waals surface area contributed by atoms with Gasteiger partial charge in [-0.15, -0.1) is 0 Å². The molecule has 1 unspecified atom stereocenters. The van der Waals surface area contributed by atoms with Crippen LogP contribution in [0.15, 0.2) is 33.9 Å². The van der Waals surface area contributed by atoms with Crippen LogP contribution >= 0.6 is 0 Å². The van der Waals surface area contributed by atoms with Crippen molar-refractivity contribution in [3.05, 3.63) is 45.1 Å². The number of aromatic nitrogens is 2. The predicted molar refractivity (Wildman–Crippen MR) is 86.2 cm³/mol. The number of H-pyrrole nitrogens is 1.